The molecule has 0 bridgehead atoms. The minimum absolute atomic E-state index is 0. The van der Waals surface area contributed by atoms with E-state index in [1.807, 2.05) is 21.6 Å². The third kappa shape index (κ3) is 6.76. The second-order valence-corrected chi connectivity index (χ2v) is 11.0. The molecule has 9 nitrogen and oxygen atoms in total. The van der Waals surface area contributed by atoms with E-state index in [9.17, 15) is 18.4 Å². The van der Waals surface area contributed by atoms with Crippen LogP contribution < -0.4 is 0 Å². The lowest BCUT2D eigenvalue weighted by Gasteiger charge is -2.39. The fourth-order valence-electron chi connectivity index (χ4n) is 5.59. The average molecular weight is 635 g/mol. The van der Waals surface area contributed by atoms with Gasteiger partial charge in [-0.15, -0.1) is 24.8 Å². The van der Waals surface area contributed by atoms with Crippen LogP contribution in [0.15, 0.2) is 30.5 Å². The number of pyridine rings is 1. The van der Waals surface area contributed by atoms with Crippen molar-refractivity contribution < 1.29 is 28.3 Å². The number of fused-ring (bicyclic) bond motifs is 3. The maximum Gasteiger partial charge on any atom is 0.317 e. The van der Waals surface area contributed by atoms with Crippen molar-refractivity contribution in [2.45, 2.75) is 32.4 Å². The summed E-state index contributed by atoms with van der Waals surface area (Å²) in [5.74, 6) is -2.70. The molecule has 2 aliphatic rings. The average Bonchev–Trinajstić information content (AvgIpc) is 3.22. The standard InChI is InChI=1S/C27H30ClF2N5O4.2ClH/c1-27(2)16-33(21(36)15-39-34-10-8-32(9-11-34)14-22(37)38)13-20-23(27)18-4-3-7-31-26(18)35(20)12-17-5-6-19(29)24(28)25(17)30;;/h3-7H,8-16H2,1-2H3,(H,37,38);2*1H. The molecule has 1 amide bonds. The van der Waals surface area contributed by atoms with Gasteiger partial charge in [-0.25, -0.2) is 13.8 Å². The highest BCUT2D eigenvalue weighted by Crippen LogP contribution is 2.40. The zero-order valence-electron chi connectivity index (χ0n) is 22.6. The number of hydrogen-bond donors (Lipinski definition) is 1. The van der Waals surface area contributed by atoms with Gasteiger partial charge in [-0.05, 0) is 23.8 Å². The maximum atomic E-state index is 14.9. The summed E-state index contributed by atoms with van der Waals surface area (Å²) < 4.78 is 30.6. The molecule has 0 unspecified atom stereocenters. The van der Waals surface area contributed by atoms with Crippen LogP contribution in [0.5, 0.6) is 0 Å². The maximum absolute atomic E-state index is 14.9. The van der Waals surface area contributed by atoms with E-state index < -0.39 is 28.0 Å². The van der Waals surface area contributed by atoms with E-state index in [4.69, 9.17) is 21.5 Å². The van der Waals surface area contributed by atoms with Gasteiger partial charge in [0.25, 0.3) is 5.91 Å². The molecule has 1 saturated heterocycles. The molecule has 0 atom stereocenters. The van der Waals surface area contributed by atoms with Gasteiger partial charge in [0.2, 0.25) is 0 Å². The van der Waals surface area contributed by atoms with Crippen molar-refractivity contribution in [1.82, 2.24) is 24.4 Å². The number of amides is 1. The Labute approximate surface area is 253 Å². The summed E-state index contributed by atoms with van der Waals surface area (Å²) in [5.41, 5.74) is 2.31. The Bertz CT molecular complexity index is 1430. The molecule has 0 radical (unpaired) electrons. The van der Waals surface area contributed by atoms with E-state index in [1.54, 1.807) is 16.2 Å². The number of rotatable bonds is 7. The van der Waals surface area contributed by atoms with Crippen LogP contribution in [-0.2, 0) is 32.9 Å². The first-order chi connectivity index (χ1) is 18.5. The number of benzene rings is 1. The Morgan fingerprint density at radius 3 is 2.51 bits per heavy atom. The molecule has 1 aromatic carbocycles. The predicted molar refractivity (Wildman–Crippen MR) is 155 cm³/mol. The van der Waals surface area contributed by atoms with Crippen LogP contribution in [0.1, 0.15) is 30.7 Å². The molecule has 224 valence electrons. The summed E-state index contributed by atoms with van der Waals surface area (Å²) in [6.07, 6.45) is 1.66. The Hall–Kier alpha value is -2.54. The number of carbonyl (C=O) groups is 2. The lowest BCUT2D eigenvalue weighted by molar-refractivity contribution is -0.189. The van der Waals surface area contributed by atoms with E-state index >= 15 is 0 Å². The second-order valence-electron chi connectivity index (χ2n) is 10.6. The van der Waals surface area contributed by atoms with Gasteiger partial charge in [0.05, 0.1) is 19.6 Å². The lowest BCUT2D eigenvalue weighted by atomic mass is 9.79. The van der Waals surface area contributed by atoms with Gasteiger partial charge < -0.3 is 14.6 Å². The molecule has 1 N–H and O–H groups in total. The Kier molecular flexibility index (Phi) is 10.6. The molecule has 4 heterocycles. The number of carboxylic acid groups (broad SMARTS) is 1. The molecule has 0 spiro atoms. The Morgan fingerprint density at radius 2 is 1.83 bits per heavy atom. The fraction of sp³-hybridized carbons (Fsp3) is 0.444. The highest BCUT2D eigenvalue weighted by molar-refractivity contribution is 6.30. The first-order valence-electron chi connectivity index (χ1n) is 12.7. The second kappa shape index (κ2) is 13.2. The first kappa shape index (κ1) is 33.0. The van der Waals surface area contributed by atoms with Crippen molar-refractivity contribution in [3.8, 4) is 0 Å². The summed E-state index contributed by atoms with van der Waals surface area (Å²) in [7, 11) is 0. The lowest BCUT2D eigenvalue weighted by Crippen LogP contribution is -2.50. The van der Waals surface area contributed by atoms with Crippen LogP contribution in [0.3, 0.4) is 0 Å². The summed E-state index contributed by atoms with van der Waals surface area (Å²) in [6.45, 7) is 6.84. The van der Waals surface area contributed by atoms with E-state index in [1.165, 1.54) is 6.07 Å². The highest BCUT2D eigenvalue weighted by atomic mass is 35.5. The van der Waals surface area contributed by atoms with E-state index in [-0.39, 0.29) is 62.5 Å². The normalized spacial score (nSPS) is 17.0. The van der Waals surface area contributed by atoms with E-state index in [0.717, 1.165) is 22.7 Å². The van der Waals surface area contributed by atoms with E-state index in [0.29, 0.717) is 38.4 Å². The monoisotopic (exact) mass is 633 g/mol. The Morgan fingerprint density at radius 1 is 1.12 bits per heavy atom. The molecule has 5 rings (SSSR count). The van der Waals surface area contributed by atoms with Gasteiger partial charge in [0, 0.05) is 61.0 Å². The summed E-state index contributed by atoms with van der Waals surface area (Å²) in [4.78, 5) is 38.1. The molecule has 14 heteroatoms. The molecule has 41 heavy (non-hydrogen) atoms. The number of carbonyl (C=O) groups excluding carboxylic acids is 1. The third-order valence-corrected chi connectivity index (χ3v) is 7.73. The molecule has 0 saturated carbocycles. The van der Waals surface area contributed by atoms with Crippen LogP contribution in [0.2, 0.25) is 5.02 Å². The minimum Gasteiger partial charge on any atom is -0.480 e. The van der Waals surface area contributed by atoms with Crippen molar-refractivity contribution in [1.29, 1.82) is 0 Å². The molecular weight excluding hydrogens is 603 g/mol. The van der Waals surface area contributed by atoms with Crippen molar-refractivity contribution in [2.75, 3.05) is 45.9 Å². The number of aliphatic carboxylic acids is 1. The smallest absolute Gasteiger partial charge is 0.317 e. The zero-order valence-corrected chi connectivity index (χ0v) is 25.0. The van der Waals surface area contributed by atoms with Crippen LogP contribution in [0.25, 0.3) is 11.0 Å². The number of piperazine rings is 1. The highest BCUT2D eigenvalue weighted by Gasteiger charge is 2.39. The number of hydroxylamine groups is 2. The number of halogens is 5. The van der Waals surface area contributed by atoms with Gasteiger partial charge in [-0.1, -0.05) is 31.5 Å². The number of carboxylic acids is 1. The summed E-state index contributed by atoms with van der Waals surface area (Å²) in [6, 6.07) is 6.33. The van der Waals surface area contributed by atoms with Gasteiger partial charge in [-0.2, -0.15) is 5.06 Å². The van der Waals surface area contributed by atoms with Crippen molar-refractivity contribution in [3.63, 3.8) is 0 Å². The molecular formula is C27H32Cl3F2N5O4. The van der Waals surface area contributed by atoms with Gasteiger partial charge in [-0.3, -0.25) is 19.3 Å². The van der Waals surface area contributed by atoms with Crippen LogP contribution in [0, 0.1) is 11.6 Å². The van der Waals surface area contributed by atoms with Gasteiger partial charge in [0.15, 0.2) is 0 Å². The Balaban J connectivity index is 0.00000231. The summed E-state index contributed by atoms with van der Waals surface area (Å²) in [5, 5.41) is 11.0. The van der Waals surface area contributed by atoms with Crippen molar-refractivity contribution in [2.24, 2.45) is 0 Å². The van der Waals surface area contributed by atoms with Crippen molar-refractivity contribution in [3.05, 3.63) is 63.9 Å². The molecule has 3 aromatic rings. The molecule has 2 aliphatic heterocycles. The third-order valence-electron chi connectivity index (χ3n) is 7.39. The van der Waals surface area contributed by atoms with Gasteiger partial charge in [0.1, 0.15) is 28.9 Å². The number of hydrogen-bond acceptors (Lipinski definition) is 6. The minimum atomic E-state index is -0.871. The number of aromatic nitrogens is 2. The molecule has 2 aromatic heterocycles. The van der Waals surface area contributed by atoms with Crippen LogP contribution in [-0.4, -0.2) is 87.3 Å². The molecule has 1 fully saturated rings. The SMILES string of the molecule is CC1(C)CN(C(=O)CON2CCN(CC(=O)O)CC2)Cc2c1c1cccnc1n2Cc1ccc(F)c(Cl)c1F.Cl.Cl. The van der Waals surface area contributed by atoms with E-state index in [2.05, 4.69) is 18.8 Å². The largest absolute Gasteiger partial charge is 0.480 e. The van der Waals surface area contributed by atoms with Gasteiger partial charge >= 0.3 is 5.97 Å². The van der Waals surface area contributed by atoms with Crippen LogP contribution in [0.4, 0.5) is 8.78 Å². The summed E-state index contributed by atoms with van der Waals surface area (Å²) >= 11 is 5.85. The topological polar surface area (TPSA) is 91.1 Å². The first-order valence-corrected chi connectivity index (χ1v) is 13.1. The zero-order chi connectivity index (χ0) is 27.9. The quantitative estimate of drug-likeness (QED) is 0.391. The predicted octanol–water partition coefficient (Wildman–Crippen LogP) is 4.11. The molecule has 0 aliphatic carbocycles. The van der Waals surface area contributed by atoms with Crippen LogP contribution >= 0.6 is 36.4 Å². The van der Waals surface area contributed by atoms with Crippen molar-refractivity contribution >= 4 is 59.3 Å². The number of nitrogens with zero attached hydrogens (tertiary/aromatic N) is 5. The fourth-order valence-corrected chi connectivity index (χ4v) is 5.77.